The van der Waals surface area contributed by atoms with E-state index in [2.05, 4.69) is 60.7 Å². The molecule has 0 spiro atoms. The second-order valence-electron chi connectivity index (χ2n) is 5.77. The first-order valence-corrected chi connectivity index (χ1v) is 7.38. The quantitative estimate of drug-likeness (QED) is 0.759. The summed E-state index contributed by atoms with van der Waals surface area (Å²) < 4.78 is 5.47. The van der Waals surface area contributed by atoms with Gasteiger partial charge in [0.1, 0.15) is 0 Å². The van der Waals surface area contributed by atoms with Gasteiger partial charge in [-0.3, -0.25) is 0 Å². The Morgan fingerprint density at radius 1 is 1.05 bits per heavy atom. The highest BCUT2D eigenvalue weighted by Crippen LogP contribution is 2.25. The minimum absolute atomic E-state index is 0.636. The molecule has 3 heteroatoms. The molecule has 21 heavy (non-hydrogen) atoms. The molecule has 1 heterocycles. The van der Waals surface area contributed by atoms with Gasteiger partial charge in [-0.2, -0.15) is 0 Å². The number of hydrogen-bond acceptors (Lipinski definition) is 3. The fraction of sp³-hybridized carbons (Fsp3) is 0.278. The molecule has 0 aliphatic heterocycles. The molecule has 0 aliphatic carbocycles. The number of rotatable bonds is 5. The lowest BCUT2D eigenvalue weighted by molar-refractivity contribution is 0.418. The van der Waals surface area contributed by atoms with Crippen LogP contribution >= 0.6 is 0 Å². The summed E-state index contributed by atoms with van der Waals surface area (Å²) in [5.41, 5.74) is 2.01. The predicted octanol–water partition coefficient (Wildman–Crippen LogP) is 4.24. The monoisotopic (exact) mass is 280 g/mol. The zero-order chi connectivity index (χ0) is 14.7. The first-order valence-electron chi connectivity index (χ1n) is 7.38. The van der Waals surface area contributed by atoms with E-state index in [1.54, 1.807) is 0 Å². The van der Waals surface area contributed by atoms with Gasteiger partial charge in [0.05, 0.1) is 5.69 Å². The van der Waals surface area contributed by atoms with Crippen molar-refractivity contribution in [1.29, 1.82) is 0 Å². The molecule has 0 saturated carbocycles. The fourth-order valence-electron chi connectivity index (χ4n) is 2.36. The maximum atomic E-state index is 5.47. The average Bonchev–Trinajstić information content (AvgIpc) is 2.95. The van der Waals surface area contributed by atoms with Gasteiger partial charge >= 0.3 is 0 Å². The van der Waals surface area contributed by atoms with Crippen molar-refractivity contribution in [2.75, 3.05) is 6.54 Å². The van der Waals surface area contributed by atoms with Crippen LogP contribution in [-0.2, 0) is 6.54 Å². The van der Waals surface area contributed by atoms with Gasteiger partial charge in [0.2, 0.25) is 0 Å². The molecule has 1 aromatic heterocycles. The number of fused-ring (bicyclic) bond motifs is 1. The normalized spacial score (nSPS) is 11.4. The smallest absolute Gasteiger partial charge is 0.167 e. The van der Waals surface area contributed by atoms with E-state index in [1.165, 1.54) is 10.8 Å². The first-order chi connectivity index (χ1) is 10.2. The van der Waals surface area contributed by atoms with Crippen molar-refractivity contribution >= 4 is 10.8 Å². The molecule has 3 aromatic rings. The minimum atomic E-state index is 0.636. The molecule has 0 fully saturated rings. The largest absolute Gasteiger partial charge is 0.356 e. The van der Waals surface area contributed by atoms with Crippen molar-refractivity contribution in [2.24, 2.45) is 5.92 Å². The fourth-order valence-corrected chi connectivity index (χ4v) is 2.36. The minimum Gasteiger partial charge on any atom is -0.356 e. The van der Waals surface area contributed by atoms with Crippen molar-refractivity contribution in [2.45, 2.75) is 20.4 Å². The van der Waals surface area contributed by atoms with Gasteiger partial charge in [-0.05, 0) is 29.3 Å². The average molecular weight is 280 g/mol. The van der Waals surface area contributed by atoms with Crippen LogP contribution in [0.2, 0.25) is 0 Å². The Morgan fingerprint density at radius 3 is 2.67 bits per heavy atom. The van der Waals surface area contributed by atoms with Crippen LogP contribution in [0.1, 0.15) is 19.5 Å². The first kappa shape index (κ1) is 13.8. The Balaban J connectivity index is 1.77. The number of aromatic nitrogens is 1. The molecule has 0 unspecified atom stereocenters. The van der Waals surface area contributed by atoms with E-state index in [4.69, 9.17) is 4.52 Å². The van der Waals surface area contributed by atoms with Crippen molar-refractivity contribution in [3.05, 3.63) is 54.2 Å². The van der Waals surface area contributed by atoms with Gasteiger partial charge in [-0.25, -0.2) is 0 Å². The summed E-state index contributed by atoms with van der Waals surface area (Å²) in [6.07, 6.45) is 0. The SMILES string of the molecule is CC(C)CNCc1cc(-c2ccc3ccccc3c2)on1. The van der Waals surface area contributed by atoms with E-state index >= 15 is 0 Å². The van der Waals surface area contributed by atoms with Gasteiger partial charge in [0, 0.05) is 18.2 Å². The Hall–Kier alpha value is -2.13. The number of nitrogens with one attached hydrogen (secondary N) is 1. The summed E-state index contributed by atoms with van der Waals surface area (Å²) in [5, 5.41) is 9.95. The molecule has 0 atom stereocenters. The van der Waals surface area contributed by atoms with Crippen LogP contribution in [0.5, 0.6) is 0 Å². The molecule has 0 saturated heterocycles. The molecule has 0 amide bonds. The molecule has 0 radical (unpaired) electrons. The highest BCUT2D eigenvalue weighted by Gasteiger charge is 2.07. The van der Waals surface area contributed by atoms with Crippen LogP contribution in [0.4, 0.5) is 0 Å². The van der Waals surface area contributed by atoms with E-state index in [-0.39, 0.29) is 0 Å². The van der Waals surface area contributed by atoms with Gasteiger partial charge in [0.15, 0.2) is 5.76 Å². The zero-order valence-electron chi connectivity index (χ0n) is 12.5. The summed E-state index contributed by atoms with van der Waals surface area (Å²) >= 11 is 0. The third-order valence-electron chi connectivity index (χ3n) is 3.45. The van der Waals surface area contributed by atoms with Crippen LogP contribution in [0, 0.1) is 5.92 Å². The van der Waals surface area contributed by atoms with Crippen LogP contribution in [0.3, 0.4) is 0 Å². The molecule has 108 valence electrons. The van der Waals surface area contributed by atoms with Crippen molar-refractivity contribution in [1.82, 2.24) is 10.5 Å². The standard InChI is InChI=1S/C18H20N2O/c1-13(2)11-19-12-17-10-18(21-20-17)16-8-7-14-5-3-4-6-15(14)9-16/h3-10,13,19H,11-12H2,1-2H3. The molecule has 1 N–H and O–H groups in total. The van der Waals surface area contributed by atoms with Gasteiger partial charge in [0.25, 0.3) is 0 Å². The highest BCUT2D eigenvalue weighted by atomic mass is 16.5. The summed E-state index contributed by atoms with van der Waals surface area (Å²) in [6, 6.07) is 16.7. The lowest BCUT2D eigenvalue weighted by Crippen LogP contribution is -2.18. The summed E-state index contributed by atoms with van der Waals surface area (Å²) in [4.78, 5) is 0. The molecular weight excluding hydrogens is 260 g/mol. The number of hydrogen-bond donors (Lipinski definition) is 1. The van der Waals surface area contributed by atoms with E-state index in [1.807, 2.05) is 12.1 Å². The summed E-state index contributed by atoms with van der Waals surface area (Å²) in [6.45, 7) is 6.11. The number of benzene rings is 2. The highest BCUT2D eigenvalue weighted by molar-refractivity contribution is 5.86. The van der Waals surface area contributed by atoms with Crippen LogP contribution < -0.4 is 5.32 Å². The van der Waals surface area contributed by atoms with Crippen LogP contribution in [0.15, 0.2) is 53.1 Å². The third-order valence-corrected chi connectivity index (χ3v) is 3.45. The van der Waals surface area contributed by atoms with E-state index < -0.39 is 0 Å². The Morgan fingerprint density at radius 2 is 1.86 bits per heavy atom. The second-order valence-corrected chi connectivity index (χ2v) is 5.77. The van der Waals surface area contributed by atoms with E-state index in [0.717, 1.165) is 30.1 Å². The maximum absolute atomic E-state index is 5.47. The van der Waals surface area contributed by atoms with Gasteiger partial charge in [-0.1, -0.05) is 55.4 Å². The Labute approximate surface area is 125 Å². The van der Waals surface area contributed by atoms with Crippen LogP contribution in [-0.4, -0.2) is 11.7 Å². The van der Waals surface area contributed by atoms with Crippen LogP contribution in [0.25, 0.3) is 22.1 Å². The van der Waals surface area contributed by atoms with E-state index in [0.29, 0.717) is 5.92 Å². The Kier molecular flexibility index (Phi) is 4.02. The maximum Gasteiger partial charge on any atom is 0.167 e. The lowest BCUT2D eigenvalue weighted by atomic mass is 10.1. The topological polar surface area (TPSA) is 38.1 Å². The molecule has 2 aromatic carbocycles. The zero-order valence-corrected chi connectivity index (χ0v) is 12.5. The van der Waals surface area contributed by atoms with E-state index in [9.17, 15) is 0 Å². The molecule has 0 aliphatic rings. The lowest BCUT2D eigenvalue weighted by Gasteiger charge is -2.04. The summed E-state index contributed by atoms with van der Waals surface area (Å²) in [5.74, 6) is 1.46. The third kappa shape index (κ3) is 3.31. The predicted molar refractivity (Wildman–Crippen MR) is 86.0 cm³/mol. The molecule has 3 nitrogen and oxygen atoms in total. The molecule has 3 rings (SSSR count). The van der Waals surface area contributed by atoms with Gasteiger partial charge < -0.3 is 9.84 Å². The van der Waals surface area contributed by atoms with Gasteiger partial charge in [-0.15, -0.1) is 0 Å². The second kappa shape index (κ2) is 6.10. The van der Waals surface area contributed by atoms with Crippen molar-refractivity contribution in [3.8, 4) is 11.3 Å². The van der Waals surface area contributed by atoms with Crippen molar-refractivity contribution in [3.63, 3.8) is 0 Å². The number of nitrogens with zero attached hydrogens (tertiary/aromatic N) is 1. The molecular formula is C18H20N2O. The molecule has 0 bridgehead atoms. The van der Waals surface area contributed by atoms with Crippen molar-refractivity contribution < 1.29 is 4.52 Å². The Bertz CT molecular complexity index is 731. The summed E-state index contributed by atoms with van der Waals surface area (Å²) in [7, 11) is 0.